The minimum absolute atomic E-state index is 0. The molecule has 8 heteroatoms. The fraction of sp³-hybridized carbons (Fsp3) is 0.917. The van der Waals surface area contributed by atoms with E-state index in [9.17, 15) is 8.42 Å². The van der Waals surface area contributed by atoms with Gasteiger partial charge < -0.3 is 15.4 Å². The van der Waals surface area contributed by atoms with Crippen molar-refractivity contribution in [2.45, 2.75) is 32.3 Å². The Balaban J connectivity index is 0.00000361. The first kappa shape index (κ1) is 19.9. The third kappa shape index (κ3) is 9.76. The molecule has 0 amide bonds. The summed E-state index contributed by atoms with van der Waals surface area (Å²) in [5, 5.41) is 6.27. The molecular weight excluding hydrogens is 393 g/mol. The summed E-state index contributed by atoms with van der Waals surface area (Å²) in [6.07, 6.45) is 4.24. The minimum Gasteiger partial charge on any atom is -0.376 e. The second-order valence-corrected chi connectivity index (χ2v) is 7.02. The summed E-state index contributed by atoms with van der Waals surface area (Å²) < 4.78 is 27.5. The molecule has 0 aliphatic carbocycles. The zero-order valence-corrected chi connectivity index (χ0v) is 15.4. The Morgan fingerprint density at radius 2 is 2.15 bits per heavy atom. The first-order chi connectivity index (χ1) is 9.01. The minimum atomic E-state index is -2.88. The Labute approximate surface area is 139 Å². The zero-order chi connectivity index (χ0) is 14.1. The summed E-state index contributed by atoms with van der Waals surface area (Å²) in [4.78, 5) is 4.45. The number of halogens is 1. The summed E-state index contributed by atoms with van der Waals surface area (Å²) in [7, 11) is -2.88. The van der Waals surface area contributed by atoms with Gasteiger partial charge in [0.2, 0.25) is 0 Å². The topological polar surface area (TPSA) is 79.8 Å². The van der Waals surface area contributed by atoms with Gasteiger partial charge in [-0.15, -0.1) is 24.0 Å². The molecule has 20 heavy (non-hydrogen) atoms. The van der Waals surface area contributed by atoms with E-state index in [1.165, 1.54) is 6.26 Å². The molecule has 0 aromatic carbocycles. The molecule has 1 rings (SSSR count). The van der Waals surface area contributed by atoms with Crippen LogP contribution in [-0.4, -0.2) is 58.7 Å². The van der Waals surface area contributed by atoms with Crippen LogP contribution in [0.5, 0.6) is 0 Å². The molecule has 0 radical (unpaired) electrons. The summed E-state index contributed by atoms with van der Waals surface area (Å²) in [6.45, 7) is 4.87. The number of ether oxygens (including phenoxy) is 1. The van der Waals surface area contributed by atoms with Crippen molar-refractivity contribution in [3.63, 3.8) is 0 Å². The van der Waals surface area contributed by atoms with Crippen LogP contribution in [0, 0.1) is 0 Å². The molecule has 1 aliphatic heterocycles. The highest BCUT2D eigenvalue weighted by Crippen LogP contribution is 2.11. The predicted octanol–water partition coefficient (Wildman–Crippen LogP) is 0.773. The number of nitrogens with one attached hydrogen (secondary N) is 2. The zero-order valence-electron chi connectivity index (χ0n) is 12.2. The molecule has 6 nitrogen and oxygen atoms in total. The van der Waals surface area contributed by atoms with E-state index in [0.29, 0.717) is 19.5 Å². The number of sulfone groups is 1. The SMILES string of the molecule is CCNC(=NCC1CCCO1)NCCCS(C)(=O)=O.I. The van der Waals surface area contributed by atoms with Crippen LogP contribution < -0.4 is 10.6 Å². The summed E-state index contributed by atoms with van der Waals surface area (Å²) >= 11 is 0. The lowest BCUT2D eigenvalue weighted by molar-refractivity contribution is 0.117. The number of rotatable bonds is 7. The van der Waals surface area contributed by atoms with E-state index in [2.05, 4.69) is 15.6 Å². The van der Waals surface area contributed by atoms with Gasteiger partial charge in [-0.05, 0) is 26.2 Å². The van der Waals surface area contributed by atoms with Crippen molar-refractivity contribution in [2.75, 3.05) is 38.2 Å². The molecule has 1 heterocycles. The highest BCUT2D eigenvalue weighted by atomic mass is 127. The van der Waals surface area contributed by atoms with E-state index >= 15 is 0 Å². The molecule has 1 fully saturated rings. The van der Waals surface area contributed by atoms with Crippen molar-refractivity contribution >= 4 is 39.8 Å². The molecule has 0 saturated carbocycles. The van der Waals surface area contributed by atoms with Crippen LogP contribution in [-0.2, 0) is 14.6 Å². The first-order valence-corrected chi connectivity index (χ1v) is 8.89. The summed E-state index contributed by atoms with van der Waals surface area (Å²) in [5.41, 5.74) is 0. The second kappa shape index (κ2) is 10.6. The maximum absolute atomic E-state index is 11.0. The van der Waals surface area contributed by atoms with E-state index in [4.69, 9.17) is 4.74 Å². The standard InChI is InChI=1S/C12H25N3O3S.HI/c1-3-13-12(14-7-5-9-19(2,16)17)15-10-11-6-4-8-18-11;/h11H,3-10H2,1-2H3,(H2,13,14,15);1H. The molecule has 0 bridgehead atoms. The van der Waals surface area contributed by atoms with Crippen LogP contribution in [0.25, 0.3) is 0 Å². The fourth-order valence-corrected chi connectivity index (χ4v) is 2.53. The molecule has 0 aromatic rings. The van der Waals surface area contributed by atoms with Crippen LogP contribution in [0.3, 0.4) is 0 Å². The maximum Gasteiger partial charge on any atom is 0.191 e. The molecule has 0 aromatic heterocycles. The number of hydrogen-bond acceptors (Lipinski definition) is 4. The first-order valence-electron chi connectivity index (χ1n) is 6.83. The molecule has 0 spiro atoms. The lowest BCUT2D eigenvalue weighted by atomic mass is 10.2. The maximum atomic E-state index is 11.0. The number of hydrogen-bond donors (Lipinski definition) is 2. The van der Waals surface area contributed by atoms with Gasteiger partial charge in [0.05, 0.1) is 18.4 Å². The van der Waals surface area contributed by atoms with Gasteiger partial charge in [-0.25, -0.2) is 8.42 Å². The van der Waals surface area contributed by atoms with Crippen molar-refractivity contribution in [1.82, 2.24) is 10.6 Å². The van der Waals surface area contributed by atoms with Crippen LogP contribution >= 0.6 is 24.0 Å². The van der Waals surface area contributed by atoms with E-state index in [1.54, 1.807) is 0 Å². The van der Waals surface area contributed by atoms with Crippen molar-refractivity contribution < 1.29 is 13.2 Å². The number of aliphatic imine (C=N–C) groups is 1. The molecule has 120 valence electrons. The van der Waals surface area contributed by atoms with E-state index in [0.717, 1.165) is 32.0 Å². The van der Waals surface area contributed by atoms with Gasteiger partial charge in [0.25, 0.3) is 0 Å². The highest BCUT2D eigenvalue weighted by Gasteiger charge is 2.14. The Morgan fingerprint density at radius 3 is 2.70 bits per heavy atom. The van der Waals surface area contributed by atoms with Crippen molar-refractivity contribution in [3.8, 4) is 0 Å². The van der Waals surface area contributed by atoms with Gasteiger partial charge in [0, 0.05) is 26.0 Å². The molecule has 1 saturated heterocycles. The molecular formula is C12H26IN3O3S. The smallest absolute Gasteiger partial charge is 0.191 e. The monoisotopic (exact) mass is 419 g/mol. The van der Waals surface area contributed by atoms with Gasteiger partial charge >= 0.3 is 0 Å². The third-order valence-electron chi connectivity index (χ3n) is 2.81. The molecule has 1 aliphatic rings. The van der Waals surface area contributed by atoms with Crippen LogP contribution in [0.15, 0.2) is 4.99 Å². The summed E-state index contributed by atoms with van der Waals surface area (Å²) in [5.74, 6) is 0.928. The Morgan fingerprint density at radius 1 is 1.40 bits per heavy atom. The van der Waals surface area contributed by atoms with Crippen molar-refractivity contribution in [1.29, 1.82) is 0 Å². The predicted molar refractivity (Wildman–Crippen MR) is 92.7 cm³/mol. The van der Waals surface area contributed by atoms with Crippen LogP contribution in [0.2, 0.25) is 0 Å². The quantitative estimate of drug-likeness (QED) is 0.276. The van der Waals surface area contributed by atoms with Gasteiger partial charge in [0.1, 0.15) is 9.84 Å². The molecule has 1 unspecified atom stereocenters. The van der Waals surface area contributed by atoms with Crippen LogP contribution in [0.4, 0.5) is 0 Å². The van der Waals surface area contributed by atoms with Gasteiger partial charge in [-0.2, -0.15) is 0 Å². The van der Waals surface area contributed by atoms with Crippen molar-refractivity contribution in [3.05, 3.63) is 0 Å². The summed E-state index contributed by atoms with van der Waals surface area (Å²) in [6, 6.07) is 0. The molecule has 1 atom stereocenters. The average Bonchev–Trinajstić information content (AvgIpc) is 2.83. The lowest BCUT2D eigenvalue weighted by Gasteiger charge is -2.12. The fourth-order valence-electron chi connectivity index (χ4n) is 1.86. The van der Waals surface area contributed by atoms with Gasteiger partial charge in [0.15, 0.2) is 5.96 Å². The Hall–Kier alpha value is -0.0900. The highest BCUT2D eigenvalue weighted by molar-refractivity contribution is 14.0. The van der Waals surface area contributed by atoms with Crippen LogP contribution in [0.1, 0.15) is 26.2 Å². The normalized spacial score (nSPS) is 19.5. The second-order valence-electron chi connectivity index (χ2n) is 4.76. The van der Waals surface area contributed by atoms with Crippen molar-refractivity contribution in [2.24, 2.45) is 4.99 Å². The number of guanidine groups is 1. The van der Waals surface area contributed by atoms with E-state index < -0.39 is 9.84 Å². The lowest BCUT2D eigenvalue weighted by Crippen LogP contribution is -2.38. The third-order valence-corrected chi connectivity index (χ3v) is 3.84. The van der Waals surface area contributed by atoms with E-state index in [-0.39, 0.29) is 35.8 Å². The average molecular weight is 419 g/mol. The largest absolute Gasteiger partial charge is 0.376 e. The van der Waals surface area contributed by atoms with Gasteiger partial charge in [-0.1, -0.05) is 0 Å². The van der Waals surface area contributed by atoms with Gasteiger partial charge in [-0.3, -0.25) is 4.99 Å². The van der Waals surface area contributed by atoms with E-state index in [1.807, 2.05) is 6.92 Å². The molecule has 2 N–H and O–H groups in total. The number of nitrogens with zero attached hydrogens (tertiary/aromatic N) is 1. The Kier molecular flexibility index (Phi) is 10.6. The Bertz CT molecular complexity index is 381.